The molecule has 0 bridgehead atoms. The van der Waals surface area contributed by atoms with Crippen LogP contribution in [0.1, 0.15) is 11.1 Å². The van der Waals surface area contributed by atoms with Crippen molar-refractivity contribution in [3.8, 4) is 5.75 Å². The van der Waals surface area contributed by atoms with E-state index in [1.165, 1.54) is 25.3 Å². The molecule has 0 aliphatic rings. The highest BCUT2D eigenvalue weighted by Crippen LogP contribution is 2.27. The Morgan fingerprint density at radius 3 is 2.39 bits per heavy atom. The van der Waals surface area contributed by atoms with Gasteiger partial charge in [0.15, 0.2) is 0 Å². The van der Waals surface area contributed by atoms with Crippen LogP contribution in [0.2, 0.25) is 0 Å². The van der Waals surface area contributed by atoms with Gasteiger partial charge in [0.1, 0.15) is 11.6 Å². The fourth-order valence-electron chi connectivity index (χ4n) is 2.10. The van der Waals surface area contributed by atoms with E-state index < -0.39 is 5.97 Å². The Morgan fingerprint density at radius 1 is 1.04 bits per heavy atom. The molecule has 0 amide bonds. The van der Waals surface area contributed by atoms with Crippen molar-refractivity contribution in [3.05, 3.63) is 83.7 Å². The van der Waals surface area contributed by atoms with Crippen molar-refractivity contribution >= 4 is 11.5 Å². The maximum absolute atomic E-state index is 13.5. The van der Waals surface area contributed by atoms with Gasteiger partial charge in [0.2, 0.25) is 0 Å². The predicted octanol–water partition coefficient (Wildman–Crippen LogP) is 4.00. The second-order valence-electron chi connectivity index (χ2n) is 4.70. The van der Waals surface area contributed by atoms with Gasteiger partial charge in [-0.05, 0) is 41.0 Å². The molecule has 2 aromatic rings. The quantitative estimate of drug-likeness (QED) is 0.476. The number of ether oxygens (including phenoxy) is 2. The number of carbonyl (C=O) groups excluding carboxylic acids is 1. The fraction of sp³-hybridized carbons (Fsp3) is 0.105. The number of esters is 1. The minimum absolute atomic E-state index is 0.326. The van der Waals surface area contributed by atoms with Gasteiger partial charge in [-0.25, -0.2) is 9.18 Å². The SMILES string of the molecule is COC(=O)C=CC=C(c1cccc(F)c1)c1cccc(OC)c1. The van der Waals surface area contributed by atoms with Crippen molar-refractivity contribution in [2.75, 3.05) is 14.2 Å². The van der Waals surface area contributed by atoms with E-state index in [1.807, 2.05) is 24.3 Å². The summed E-state index contributed by atoms with van der Waals surface area (Å²) in [5.74, 6) is -0.0829. The van der Waals surface area contributed by atoms with Gasteiger partial charge in [-0.1, -0.05) is 36.4 Å². The van der Waals surface area contributed by atoms with E-state index in [0.29, 0.717) is 11.3 Å². The molecule has 0 aromatic heterocycles. The number of benzene rings is 2. The molecule has 3 nitrogen and oxygen atoms in total. The zero-order valence-corrected chi connectivity index (χ0v) is 13.0. The molecule has 23 heavy (non-hydrogen) atoms. The first-order valence-corrected chi connectivity index (χ1v) is 7.00. The van der Waals surface area contributed by atoms with E-state index in [-0.39, 0.29) is 5.82 Å². The number of allylic oxidation sites excluding steroid dienone is 2. The molecular formula is C19H17FO3. The second kappa shape index (κ2) is 7.94. The smallest absolute Gasteiger partial charge is 0.330 e. The average molecular weight is 312 g/mol. The van der Waals surface area contributed by atoms with Crippen LogP contribution >= 0.6 is 0 Å². The third-order valence-electron chi connectivity index (χ3n) is 3.21. The number of hydrogen-bond donors (Lipinski definition) is 0. The summed E-state index contributed by atoms with van der Waals surface area (Å²) in [6.07, 6.45) is 4.62. The lowest BCUT2D eigenvalue weighted by atomic mass is 9.97. The van der Waals surface area contributed by atoms with Crippen molar-refractivity contribution in [2.24, 2.45) is 0 Å². The molecule has 2 aromatic carbocycles. The van der Waals surface area contributed by atoms with Gasteiger partial charge in [-0.2, -0.15) is 0 Å². The molecule has 0 radical (unpaired) electrons. The molecular weight excluding hydrogens is 295 g/mol. The second-order valence-corrected chi connectivity index (χ2v) is 4.70. The number of carbonyl (C=O) groups is 1. The van der Waals surface area contributed by atoms with Gasteiger partial charge in [-0.15, -0.1) is 0 Å². The Labute approximate surface area is 134 Å². The molecule has 0 fully saturated rings. The summed E-state index contributed by atoms with van der Waals surface area (Å²) in [6, 6.07) is 13.7. The topological polar surface area (TPSA) is 35.5 Å². The summed E-state index contributed by atoms with van der Waals surface area (Å²) in [4.78, 5) is 11.2. The summed E-state index contributed by atoms with van der Waals surface area (Å²) in [5.41, 5.74) is 2.32. The predicted molar refractivity (Wildman–Crippen MR) is 87.6 cm³/mol. The van der Waals surface area contributed by atoms with E-state index in [9.17, 15) is 9.18 Å². The number of methoxy groups -OCH3 is 2. The molecule has 0 aliphatic carbocycles. The van der Waals surface area contributed by atoms with E-state index in [0.717, 1.165) is 11.1 Å². The van der Waals surface area contributed by atoms with Gasteiger partial charge in [0.25, 0.3) is 0 Å². The van der Waals surface area contributed by atoms with Crippen LogP contribution in [0.3, 0.4) is 0 Å². The Bertz CT molecular complexity index is 748. The van der Waals surface area contributed by atoms with Crippen LogP contribution in [-0.4, -0.2) is 20.2 Å². The zero-order chi connectivity index (χ0) is 16.7. The summed E-state index contributed by atoms with van der Waals surface area (Å²) in [6.45, 7) is 0. The zero-order valence-electron chi connectivity index (χ0n) is 13.0. The summed E-state index contributed by atoms with van der Waals surface area (Å²) in [7, 11) is 2.90. The highest BCUT2D eigenvalue weighted by molar-refractivity contribution is 5.85. The van der Waals surface area contributed by atoms with Crippen molar-refractivity contribution in [1.82, 2.24) is 0 Å². The number of hydrogen-bond acceptors (Lipinski definition) is 3. The molecule has 0 aliphatic heterocycles. The molecule has 0 spiro atoms. The van der Waals surface area contributed by atoms with Gasteiger partial charge >= 0.3 is 5.97 Å². The average Bonchev–Trinajstić information content (AvgIpc) is 2.58. The molecule has 0 heterocycles. The van der Waals surface area contributed by atoms with E-state index in [4.69, 9.17) is 4.74 Å². The van der Waals surface area contributed by atoms with Crippen molar-refractivity contribution in [3.63, 3.8) is 0 Å². The Hall–Kier alpha value is -2.88. The fourth-order valence-corrected chi connectivity index (χ4v) is 2.10. The minimum atomic E-state index is -0.453. The van der Waals surface area contributed by atoms with Crippen molar-refractivity contribution in [2.45, 2.75) is 0 Å². The van der Waals surface area contributed by atoms with Crippen LogP contribution in [0, 0.1) is 5.82 Å². The normalized spacial score (nSPS) is 11.5. The third-order valence-corrected chi connectivity index (χ3v) is 3.21. The van der Waals surface area contributed by atoms with Crippen LogP contribution in [0.4, 0.5) is 4.39 Å². The van der Waals surface area contributed by atoms with Gasteiger partial charge in [0, 0.05) is 6.08 Å². The molecule has 0 saturated carbocycles. The highest BCUT2D eigenvalue weighted by atomic mass is 19.1. The molecule has 0 atom stereocenters. The molecule has 118 valence electrons. The van der Waals surface area contributed by atoms with Crippen LogP contribution in [-0.2, 0) is 9.53 Å². The van der Waals surface area contributed by atoms with Crippen LogP contribution < -0.4 is 4.74 Å². The minimum Gasteiger partial charge on any atom is -0.497 e. The lowest BCUT2D eigenvalue weighted by molar-refractivity contribution is -0.134. The Morgan fingerprint density at radius 2 is 1.74 bits per heavy atom. The first-order chi connectivity index (χ1) is 11.1. The van der Waals surface area contributed by atoms with Crippen molar-refractivity contribution < 1.29 is 18.7 Å². The Kier molecular flexibility index (Phi) is 5.69. The summed E-state index contributed by atoms with van der Waals surface area (Å²) >= 11 is 0. The summed E-state index contributed by atoms with van der Waals surface area (Å²) in [5, 5.41) is 0. The first kappa shape index (κ1) is 16.5. The molecule has 4 heteroatoms. The standard InChI is InChI=1S/C19H17FO3/c1-22-17-9-4-7-15(13-17)18(10-5-11-19(21)23-2)14-6-3-8-16(20)12-14/h3-13H,1-2H3. The van der Waals surface area contributed by atoms with E-state index >= 15 is 0 Å². The lowest BCUT2D eigenvalue weighted by Crippen LogP contribution is -1.94. The van der Waals surface area contributed by atoms with E-state index in [2.05, 4.69) is 4.74 Å². The lowest BCUT2D eigenvalue weighted by Gasteiger charge is -2.09. The maximum atomic E-state index is 13.5. The maximum Gasteiger partial charge on any atom is 0.330 e. The van der Waals surface area contributed by atoms with Crippen LogP contribution in [0.15, 0.2) is 66.8 Å². The van der Waals surface area contributed by atoms with Crippen molar-refractivity contribution in [1.29, 1.82) is 0 Å². The largest absolute Gasteiger partial charge is 0.497 e. The number of halogens is 1. The molecule has 0 saturated heterocycles. The third kappa shape index (κ3) is 4.54. The monoisotopic (exact) mass is 312 g/mol. The van der Waals surface area contributed by atoms with Gasteiger partial charge < -0.3 is 9.47 Å². The first-order valence-electron chi connectivity index (χ1n) is 7.00. The van der Waals surface area contributed by atoms with Gasteiger partial charge in [-0.3, -0.25) is 0 Å². The van der Waals surface area contributed by atoms with Gasteiger partial charge in [0.05, 0.1) is 14.2 Å². The molecule has 0 N–H and O–H groups in total. The van der Waals surface area contributed by atoms with Crippen LogP contribution in [0.25, 0.3) is 5.57 Å². The molecule has 0 unspecified atom stereocenters. The van der Waals surface area contributed by atoms with Crippen LogP contribution in [0.5, 0.6) is 5.75 Å². The van der Waals surface area contributed by atoms with E-state index in [1.54, 1.807) is 31.4 Å². The Balaban J connectivity index is 2.48. The number of rotatable bonds is 5. The molecule has 2 rings (SSSR count). The highest BCUT2D eigenvalue weighted by Gasteiger charge is 2.07. The summed E-state index contributed by atoms with van der Waals surface area (Å²) < 4.78 is 23.3.